The molecule has 0 bridgehead atoms. The number of hydrogen-bond acceptors (Lipinski definition) is 3. The molecule has 1 N–H and O–H groups in total. The number of carbonyl (C=O) groups is 2. The Kier molecular flexibility index (Phi) is 2.68. The van der Waals surface area contributed by atoms with E-state index in [2.05, 4.69) is 4.98 Å². The van der Waals surface area contributed by atoms with Gasteiger partial charge in [0, 0.05) is 11.8 Å². The zero-order chi connectivity index (χ0) is 17.1. The standard InChI is InChI=1S/C19H13N3O3/c23-18-13(15-6-7-16(19(24)25)22(15)18)9-12-10-21-14-4-2-1-3-11(14)5-8-17(21)20-12/h1-5,7-10,15H,6H2,(H,24,25)/t15-/m1/s1. The van der Waals surface area contributed by atoms with Crippen molar-refractivity contribution in [3.05, 3.63) is 65.6 Å². The minimum atomic E-state index is -1.06. The van der Waals surface area contributed by atoms with Crippen LogP contribution in [0.1, 0.15) is 12.1 Å². The molecule has 2 aliphatic rings. The van der Waals surface area contributed by atoms with Gasteiger partial charge in [0.25, 0.3) is 5.91 Å². The number of aliphatic carboxylic acids is 1. The number of benzene rings is 1. The zero-order valence-electron chi connectivity index (χ0n) is 13.1. The summed E-state index contributed by atoms with van der Waals surface area (Å²) in [5.74, 6) is -1.31. The summed E-state index contributed by atoms with van der Waals surface area (Å²) in [6, 6.07) is 11.8. The summed E-state index contributed by atoms with van der Waals surface area (Å²) in [6.45, 7) is 0. The second kappa shape index (κ2) is 4.80. The summed E-state index contributed by atoms with van der Waals surface area (Å²) >= 11 is 0. The van der Waals surface area contributed by atoms with Gasteiger partial charge in [-0.2, -0.15) is 0 Å². The molecule has 0 radical (unpaired) electrons. The van der Waals surface area contributed by atoms with Gasteiger partial charge in [0.1, 0.15) is 11.3 Å². The van der Waals surface area contributed by atoms with Crippen molar-refractivity contribution in [3.8, 4) is 0 Å². The van der Waals surface area contributed by atoms with Gasteiger partial charge < -0.3 is 5.11 Å². The largest absolute Gasteiger partial charge is 0.477 e. The summed E-state index contributed by atoms with van der Waals surface area (Å²) < 4.78 is 2.00. The highest BCUT2D eigenvalue weighted by molar-refractivity contribution is 6.11. The first-order valence-corrected chi connectivity index (χ1v) is 7.99. The summed E-state index contributed by atoms with van der Waals surface area (Å²) in [7, 11) is 0. The molecule has 1 atom stereocenters. The van der Waals surface area contributed by atoms with Crippen LogP contribution in [0.5, 0.6) is 0 Å². The highest BCUT2D eigenvalue weighted by Crippen LogP contribution is 2.39. The Morgan fingerprint density at radius 3 is 2.92 bits per heavy atom. The van der Waals surface area contributed by atoms with E-state index < -0.39 is 5.97 Å². The SMILES string of the molecule is O=C(O)C1=CC[C@@H]2C(=Cc3cn4c(ccc5ccccc54)n3)C(=O)N12. The van der Waals surface area contributed by atoms with Crippen molar-refractivity contribution < 1.29 is 14.7 Å². The van der Waals surface area contributed by atoms with Crippen LogP contribution in [0.15, 0.2) is 59.9 Å². The number of nitrogens with zero attached hydrogens (tertiary/aromatic N) is 3. The van der Waals surface area contributed by atoms with Gasteiger partial charge in [-0.1, -0.05) is 24.3 Å². The van der Waals surface area contributed by atoms with Crippen LogP contribution >= 0.6 is 0 Å². The molecule has 1 saturated heterocycles. The lowest BCUT2D eigenvalue weighted by molar-refractivity contribution is -0.142. The van der Waals surface area contributed by atoms with E-state index in [1.54, 1.807) is 12.2 Å². The highest BCUT2D eigenvalue weighted by Gasteiger charge is 2.48. The Labute approximate surface area is 142 Å². The number of amides is 1. The summed E-state index contributed by atoms with van der Waals surface area (Å²) in [4.78, 5) is 29.4. The van der Waals surface area contributed by atoms with Crippen LogP contribution in [-0.2, 0) is 9.59 Å². The molecule has 6 nitrogen and oxygen atoms in total. The zero-order valence-corrected chi connectivity index (χ0v) is 13.1. The van der Waals surface area contributed by atoms with Gasteiger partial charge in [-0.15, -0.1) is 0 Å². The molecule has 0 spiro atoms. The fourth-order valence-electron chi connectivity index (χ4n) is 3.64. The van der Waals surface area contributed by atoms with Crippen LogP contribution < -0.4 is 0 Å². The summed E-state index contributed by atoms with van der Waals surface area (Å²) in [5, 5.41) is 10.2. The number of para-hydroxylation sites is 1. The van der Waals surface area contributed by atoms with Crippen LogP contribution in [-0.4, -0.2) is 37.3 Å². The average molecular weight is 331 g/mol. The lowest BCUT2D eigenvalue weighted by atomic mass is 9.94. The van der Waals surface area contributed by atoms with Gasteiger partial charge in [0.2, 0.25) is 0 Å². The number of fused-ring (bicyclic) bond motifs is 4. The predicted octanol–water partition coefficient (Wildman–Crippen LogP) is 2.45. The molecule has 3 aromatic rings. The Morgan fingerprint density at radius 2 is 2.08 bits per heavy atom. The molecule has 0 saturated carbocycles. The molecule has 2 aliphatic heterocycles. The molecule has 4 heterocycles. The van der Waals surface area contributed by atoms with Gasteiger partial charge in [-0.25, -0.2) is 9.78 Å². The maximum atomic E-state index is 12.3. The van der Waals surface area contributed by atoms with E-state index in [0.29, 0.717) is 17.7 Å². The van der Waals surface area contributed by atoms with Gasteiger partial charge in [0.05, 0.1) is 17.3 Å². The Balaban J connectivity index is 1.55. The van der Waals surface area contributed by atoms with E-state index in [1.807, 2.05) is 47.0 Å². The second-order valence-corrected chi connectivity index (χ2v) is 6.21. The lowest BCUT2D eigenvalue weighted by Gasteiger charge is -2.38. The van der Waals surface area contributed by atoms with Crippen molar-refractivity contribution in [1.29, 1.82) is 0 Å². The third kappa shape index (κ3) is 1.88. The van der Waals surface area contributed by atoms with Crippen molar-refractivity contribution in [1.82, 2.24) is 14.3 Å². The molecule has 0 aliphatic carbocycles. The minimum absolute atomic E-state index is 0.0770. The summed E-state index contributed by atoms with van der Waals surface area (Å²) in [6.07, 6.45) is 5.81. The number of aromatic nitrogens is 2. The maximum absolute atomic E-state index is 12.3. The number of hydrogen-bond donors (Lipinski definition) is 1. The predicted molar refractivity (Wildman–Crippen MR) is 91.6 cm³/mol. The number of pyridine rings is 1. The molecular weight excluding hydrogens is 318 g/mol. The van der Waals surface area contributed by atoms with Crippen LogP contribution in [0.2, 0.25) is 0 Å². The number of carbonyl (C=O) groups excluding carboxylic acids is 1. The fraction of sp³-hybridized carbons (Fsp3) is 0.105. The minimum Gasteiger partial charge on any atom is -0.477 e. The van der Waals surface area contributed by atoms with Crippen LogP contribution in [0, 0.1) is 0 Å². The third-order valence-corrected chi connectivity index (χ3v) is 4.81. The number of carboxylic acids is 1. The van der Waals surface area contributed by atoms with E-state index in [4.69, 9.17) is 5.11 Å². The first-order valence-electron chi connectivity index (χ1n) is 7.99. The average Bonchev–Trinajstić information content (AvgIpc) is 3.21. The number of rotatable bonds is 2. The van der Waals surface area contributed by atoms with Gasteiger partial charge in [-0.05, 0) is 36.1 Å². The topological polar surface area (TPSA) is 74.9 Å². The molecule has 2 aromatic heterocycles. The molecule has 1 aromatic carbocycles. The molecule has 0 unspecified atom stereocenters. The molecule has 1 fully saturated rings. The normalized spacial score (nSPS) is 20.9. The van der Waals surface area contributed by atoms with E-state index in [0.717, 1.165) is 16.6 Å². The molecule has 25 heavy (non-hydrogen) atoms. The first-order chi connectivity index (χ1) is 12.1. The fourth-order valence-corrected chi connectivity index (χ4v) is 3.64. The Bertz CT molecular complexity index is 1140. The third-order valence-electron chi connectivity index (χ3n) is 4.81. The van der Waals surface area contributed by atoms with E-state index in [9.17, 15) is 9.59 Å². The number of imidazole rings is 1. The molecule has 6 heteroatoms. The van der Waals surface area contributed by atoms with E-state index in [-0.39, 0.29) is 17.6 Å². The van der Waals surface area contributed by atoms with Crippen molar-refractivity contribution in [3.63, 3.8) is 0 Å². The van der Waals surface area contributed by atoms with Crippen molar-refractivity contribution in [2.45, 2.75) is 12.5 Å². The molecular formula is C19H13N3O3. The van der Waals surface area contributed by atoms with Crippen molar-refractivity contribution in [2.75, 3.05) is 0 Å². The lowest BCUT2D eigenvalue weighted by Crippen LogP contribution is -2.52. The molecule has 1 amide bonds. The maximum Gasteiger partial charge on any atom is 0.352 e. The van der Waals surface area contributed by atoms with Crippen molar-refractivity contribution >= 4 is 34.5 Å². The molecule has 5 rings (SSSR count). The second-order valence-electron chi connectivity index (χ2n) is 6.21. The van der Waals surface area contributed by atoms with Crippen LogP contribution in [0.3, 0.4) is 0 Å². The van der Waals surface area contributed by atoms with Gasteiger partial charge in [-0.3, -0.25) is 14.1 Å². The quantitative estimate of drug-likeness (QED) is 0.578. The van der Waals surface area contributed by atoms with Crippen LogP contribution in [0.25, 0.3) is 22.6 Å². The smallest absolute Gasteiger partial charge is 0.352 e. The monoisotopic (exact) mass is 331 g/mol. The number of β-lactam (4-membered cyclic amide) rings is 1. The van der Waals surface area contributed by atoms with E-state index in [1.165, 1.54) is 4.90 Å². The van der Waals surface area contributed by atoms with Crippen molar-refractivity contribution in [2.24, 2.45) is 0 Å². The van der Waals surface area contributed by atoms with E-state index >= 15 is 0 Å². The summed E-state index contributed by atoms with van der Waals surface area (Å²) in [5.41, 5.74) is 3.25. The highest BCUT2D eigenvalue weighted by atomic mass is 16.4. The number of carboxylic acid groups (broad SMARTS) is 1. The van der Waals surface area contributed by atoms with Crippen LogP contribution in [0.4, 0.5) is 0 Å². The molecule has 122 valence electrons. The Hall–Kier alpha value is -3.41. The Morgan fingerprint density at radius 1 is 1.24 bits per heavy atom. The first kappa shape index (κ1) is 14.0. The van der Waals surface area contributed by atoms with Gasteiger partial charge >= 0.3 is 5.97 Å². The van der Waals surface area contributed by atoms with Gasteiger partial charge in [0.15, 0.2) is 0 Å².